The van der Waals surface area contributed by atoms with Gasteiger partial charge in [0, 0.05) is 44.9 Å². The first-order valence-electron chi connectivity index (χ1n) is 22.0. The van der Waals surface area contributed by atoms with E-state index >= 15 is 4.39 Å². The standard InChI is InChI=1S/C46H72FNO12/c1-11-29(7)58-37-23-31(16-17-34(37)49)19-27(5)41-30(8)35(50)24-36(51)32(12-2)20-25(3)40(47)26(4)21-38(56-9)42-39(57-10)22-28(6)46(55,60-42)43(52)44(53)48-18-14-13-15-33(48)45(54)59-41/h11,19-20,26,28,30-35,37-42,49-50,55H,12-18,21-24H2,1-10H3. The van der Waals surface area contributed by atoms with Gasteiger partial charge < -0.3 is 43.9 Å². The third kappa shape index (κ3) is 11.5. The molecule has 2 bridgehead atoms. The minimum atomic E-state index is -2.61. The highest BCUT2D eigenvalue weighted by Crippen LogP contribution is 2.40. The van der Waals surface area contributed by atoms with E-state index in [1.165, 1.54) is 14.2 Å². The monoisotopic (exact) mass is 850 g/mol. The average molecular weight is 850 g/mol. The van der Waals surface area contributed by atoms with Gasteiger partial charge in [0.05, 0.1) is 30.2 Å². The molecule has 0 aromatic rings. The van der Waals surface area contributed by atoms with Crippen LogP contribution in [0, 0.1) is 29.6 Å². The number of halogens is 1. The summed E-state index contributed by atoms with van der Waals surface area (Å²) in [5.41, 5.74) is 0.937. The van der Waals surface area contributed by atoms with Crippen molar-refractivity contribution in [1.82, 2.24) is 4.90 Å². The van der Waals surface area contributed by atoms with Crippen LogP contribution in [0.5, 0.6) is 0 Å². The summed E-state index contributed by atoms with van der Waals surface area (Å²) in [6.45, 7) is 13.9. The van der Waals surface area contributed by atoms with Crippen LogP contribution in [-0.2, 0) is 42.9 Å². The van der Waals surface area contributed by atoms with Crippen LogP contribution in [0.25, 0.3) is 0 Å². The summed E-state index contributed by atoms with van der Waals surface area (Å²) in [7, 11) is 2.88. The normalized spacial score (nSPS) is 40.2. The van der Waals surface area contributed by atoms with Crippen molar-refractivity contribution >= 4 is 23.4 Å². The summed E-state index contributed by atoms with van der Waals surface area (Å²) in [4.78, 5) is 57.9. The second-order valence-electron chi connectivity index (χ2n) is 17.9. The Labute approximate surface area is 356 Å². The number of aliphatic hydroxyl groups is 3. The van der Waals surface area contributed by atoms with Crippen molar-refractivity contribution < 1.29 is 62.6 Å². The van der Waals surface area contributed by atoms with Gasteiger partial charge in [0.2, 0.25) is 5.79 Å². The maximum Gasteiger partial charge on any atom is 0.329 e. The molecule has 0 radical (unpaired) electrons. The topological polar surface area (TPSA) is 178 Å². The summed E-state index contributed by atoms with van der Waals surface area (Å²) in [6, 6.07) is -1.19. The maximum absolute atomic E-state index is 16.2. The van der Waals surface area contributed by atoms with Crippen molar-refractivity contribution in [3.05, 3.63) is 35.1 Å². The fourth-order valence-corrected chi connectivity index (χ4v) is 9.47. The number of alkyl halides is 1. The van der Waals surface area contributed by atoms with E-state index in [4.69, 9.17) is 23.7 Å². The molecule has 2 saturated heterocycles. The lowest BCUT2D eigenvalue weighted by molar-refractivity contribution is -0.302. The molecular formula is C46H72FNO12. The van der Waals surface area contributed by atoms with E-state index in [1.807, 2.05) is 32.9 Å². The number of carbonyl (C=O) groups is 4. The highest BCUT2D eigenvalue weighted by atomic mass is 19.1. The number of nitrogens with zero attached hydrogens (tertiary/aromatic N) is 1. The number of hydrogen-bond donors (Lipinski definition) is 3. The third-order valence-electron chi connectivity index (χ3n) is 13.5. The van der Waals surface area contributed by atoms with Crippen LogP contribution in [-0.4, -0.2) is 125 Å². The van der Waals surface area contributed by atoms with Gasteiger partial charge in [-0.05, 0) is 115 Å². The number of hydrogen-bond acceptors (Lipinski definition) is 12. The molecule has 13 nitrogen and oxygen atoms in total. The van der Waals surface area contributed by atoms with E-state index in [0.29, 0.717) is 55.4 Å². The minimum absolute atomic E-state index is 0.0450. The van der Waals surface area contributed by atoms with Crippen molar-refractivity contribution in [2.24, 2.45) is 29.6 Å². The van der Waals surface area contributed by atoms with E-state index in [-0.39, 0.29) is 43.9 Å². The van der Waals surface area contributed by atoms with Crippen LogP contribution in [0.4, 0.5) is 4.39 Å². The van der Waals surface area contributed by atoms with Gasteiger partial charge in [-0.1, -0.05) is 39.8 Å². The molecule has 3 aliphatic heterocycles. The Morgan fingerprint density at radius 2 is 1.63 bits per heavy atom. The molecule has 0 aromatic carbocycles. The molecule has 4 rings (SSSR count). The highest BCUT2D eigenvalue weighted by molar-refractivity contribution is 6.39. The van der Waals surface area contributed by atoms with Gasteiger partial charge in [0.1, 0.15) is 36.3 Å². The van der Waals surface area contributed by atoms with Crippen LogP contribution in [0.1, 0.15) is 120 Å². The Morgan fingerprint density at radius 1 is 0.967 bits per heavy atom. The van der Waals surface area contributed by atoms with Crippen LogP contribution in [0.15, 0.2) is 35.1 Å². The van der Waals surface area contributed by atoms with E-state index in [9.17, 15) is 34.5 Å². The predicted molar refractivity (Wildman–Crippen MR) is 222 cm³/mol. The largest absolute Gasteiger partial charge is 0.493 e. The molecule has 1 aliphatic carbocycles. The molecule has 1 saturated carbocycles. The van der Waals surface area contributed by atoms with E-state index in [0.717, 1.165) is 4.90 Å². The maximum atomic E-state index is 16.2. The Balaban J connectivity index is 1.78. The molecule has 15 unspecified atom stereocenters. The number of fused-ring (bicyclic) bond motifs is 3. The lowest BCUT2D eigenvalue weighted by Crippen LogP contribution is -2.64. The molecule has 14 heteroatoms. The molecule has 0 spiro atoms. The fraction of sp³-hybridized carbons (Fsp3) is 0.783. The molecule has 3 fully saturated rings. The zero-order valence-corrected chi connectivity index (χ0v) is 37.4. The summed E-state index contributed by atoms with van der Waals surface area (Å²) in [5.74, 6) is -8.50. The van der Waals surface area contributed by atoms with Gasteiger partial charge in [0.25, 0.3) is 11.7 Å². The highest BCUT2D eigenvalue weighted by Gasteiger charge is 2.57. The zero-order chi connectivity index (χ0) is 44.6. The molecule has 3 N–H and O–H groups in total. The van der Waals surface area contributed by atoms with Gasteiger partial charge in [-0.3, -0.25) is 14.4 Å². The molecule has 4 aliphatic rings. The van der Waals surface area contributed by atoms with E-state index in [2.05, 4.69) is 0 Å². The quantitative estimate of drug-likeness (QED) is 0.123. The number of amides is 1. The Hall–Kier alpha value is -3.01. The first-order valence-corrected chi connectivity index (χ1v) is 22.0. The Bertz CT molecular complexity index is 1600. The van der Waals surface area contributed by atoms with E-state index < -0.39 is 102 Å². The molecule has 1 amide bonds. The van der Waals surface area contributed by atoms with Crippen molar-refractivity contribution in [3.8, 4) is 0 Å². The van der Waals surface area contributed by atoms with Crippen LogP contribution in [0.2, 0.25) is 0 Å². The predicted octanol–water partition coefficient (Wildman–Crippen LogP) is 5.71. The molecular weight excluding hydrogens is 777 g/mol. The lowest BCUT2D eigenvalue weighted by atomic mass is 9.81. The van der Waals surface area contributed by atoms with Crippen LogP contribution in [0.3, 0.4) is 0 Å². The second-order valence-corrected chi connectivity index (χ2v) is 17.9. The minimum Gasteiger partial charge on any atom is -0.493 e. The SMILES string of the molecule is CC=C(C)OC1CC(C=C(C)C2OC(=O)C3CCCCN3C(=O)C(=O)C3(O)OC(C(OC)CC(C)C(F)C(C)=CC(CC)C(=O)CC(O)C2C)C(OC)CC3C)CCC1O. The first kappa shape index (κ1) is 49.6. The summed E-state index contributed by atoms with van der Waals surface area (Å²) < 4.78 is 46.3. The van der Waals surface area contributed by atoms with Crippen molar-refractivity contribution in [2.45, 2.75) is 180 Å². The van der Waals surface area contributed by atoms with Gasteiger partial charge in [0.15, 0.2) is 0 Å². The number of allylic oxidation sites excluding steroid dienone is 5. The lowest BCUT2D eigenvalue weighted by Gasteiger charge is -2.47. The summed E-state index contributed by atoms with van der Waals surface area (Å²) in [6.07, 6.45) is 0.970. The van der Waals surface area contributed by atoms with E-state index in [1.54, 1.807) is 40.7 Å². The Kier molecular flexibility index (Phi) is 18.1. The molecule has 15 atom stereocenters. The number of cyclic esters (lactones) is 1. The summed E-state index contributed by atoms with van der Waals surface area (Å²) >= 11 is 0. The van der Waals surface area contributed by atoms with Gasteiger partial charge in [-0.15, -0.1) is 0 Å². The molecule has 340 valence electrons. The number of ether oxygens (including phenoxy) is 5. The van der Waals surface area contributed by atoms with Gasteiger partial charge in [-0.2, -0.15) is 0 Å². The number of esters is 1. The number of aliphatic hydroxyl groups excluding tert-OH is 2. The number of ketones is 2. The van der Waals surface area contributed by atoms with Gasteiger partial charge in [-0.25, -0.2) is 9.18 Å². The average Bonchev–Trinajstić information content (AvgIpc) is 3.23. The fourth-order valence-electron chi connectivity index (χ4n) is 9.47. The first-order chi connectivity index (χ1) is 28.3. The summed E-state index contributed by atoms with van der Waals surface area (Å²) in [5, 5.41) is 34.5. The number of piperidine rings is 1. The van der Waals surface area contributed by atoms with Crippen molar-refractivity contribution in [1.29, 1.82) is 0 Å². The molecule has 3 heterocycles. The van der Waals surface area contributed by atoms with Crippen molar-refractivity contribution in [2.75, 3.05) is 20.8 Å². The number of methoxy groups -OCH3 is 2. The Morgan fingerprint density at radius 3 is 2.27 bits per heavy atom. The van der Waals surface area contributed by atoms with Crippen LogP contribution < -0.4 is 0 Å². The third-order valence-corrected chi connectivity index (χ3v) is 13.5. The number of Topliss-reactive ketones (excluding diaryl/α,β-unsaturated/α-hetero) is 2. The molecule has 0 aromatic heterocycles. The number of rotatable bonds is 7. The molecule has 60 heavy (non-hydrogen) atoms. The smallest absolute Gasteiger partial charge is 0.329 e. The van der Waals surface area contributed by atoms with Gasteiger partial charge >= 0.3 is 5.97 Å². The number of carbonyl (C=O) groups excluding carboxylic acids is 4. The zero-order valence-electron chi connectivity index (χ0n) is 37.4. The second kappa shape index (κ2) is 21.9. The van der Waals surface area contributed by atoms with Crippen molar-refractivity contribution in [3.63, 3.8) is 0 Å². The van der Waals surface area contributed by atoms with Crippen LogP contribution >= 0.6 is 0 Å².